The Morgan fingerprint density at radius 3 is 2.55 bits per heavy atom. The number of thioether (sulfide) groups is 1. The summed E-state index contributed by atoms with van der Waals surface area (Å²) in [5, 5.41) is 5.45. The van der Waals surface area contributed by atoms with Crippen LogP contribution in [-0.2, 0) is 4.79 Å². The van der Waals surface area contributed by atoms with Crippen LogP contribution in [0.5, 0.6) is 11.5 Å². The van der Waals surface area contributed by atoms with Gasteiger partial charge in [-0.2, -0.15) is 0 Å². The summed E-state index contributed by atoms with van der Waals surface area (Å²) in [5.41, 5.74) is 1.29. The van der Waals surface area contributed by atoms with Gasteiger partial charge in [-0.15, -0.1) is 11.8 Å². The number of nitrogens with one attached hydrogen (secondary N) is 2. The summed E-state index contributed by atoms with van der Waals surface area (Å²) in [6.45, 7) is 2.97. The van der Waals surface area contributed by atoms with E-state index in [-0.39, 0.29) is 22.8 Å². The van der Waals surface area contributed by atoms with Crippen molar-refractivity contribution in [3.8, 4) is 11.5 Å². The smallest absolute Gasteiger partial charge is 0.291 e. The molecule has 7 nitrogen and oxygen atoms in total. The highest BCUT2D eigenvalue weighted by atomic mass is 32.2. The van der Waals surface area contributed by atoms with E-state index in [4.69, 9.17) is 13.9 Å². The Morgan fingerprint density at radius 2 is 1.77 bits per heavy atom. The van der Waals surface area contributed by atoms with Crippen molar-refractivity contribution in [3.05, 3.63) is 66.6 Å². The summed E-state index contributed by atoms with van der Waals surface area (Å²) in [4.78, 5) is 25.9. The van der Waals surface area contributed by atoms with E-state index in [0.29, 0.717) is 42.5 Å². The van der Waals surface area contributed by atoms with Gasteiger partial charge in [-0.1, -0.05) is 13.0 Å². The molecule has 1 atom stereocenters. The molecule has 2 heterocycles. The second kappa shape index (κ2) is 9.61. The first kappa shape index (κ1) is 20.9. The number of anilines is 2. The highest BCUT2D eigenvalue weighted by Crippen LogP contribution is 2.33. The Bertz CT molecular complexity index is 1070. The number of ether oxygens (including phenoxy) is 2. The minimum atomic E-state index is -0.324. The number of fused-ring (bicyclic) bond motifs is 1. The number of carbonyl (C=O) groups excluding carboxylic acids is 2. The minimum Gasteiger partial charge on any atom is -0.486 e. The molecule has 0 aliphatic carbocycles. The maximum atomic E-state index is 12.8. The van der Waals surface area contributed by atoms with Crippen molar-refractivity contribution < 1.29 is 23.5 Å². The summed E-state index contributed by atoms with van der Waals surface area (Å²) < 4.78 is 16.2. The van der Waals surface area contributed by atoms with Crippen LogP contribution in [0.3, 0.4) is 0 Å². The van der Waals surface area contributed by atoms with Gasteiger partial charge >= 0.3 is 0 Å². The van der Waals surface area contributed by atoms with Gasteiger partial charge in [-0.25, -0.2) is 0 Å². The highest BCUT2D eigenvalue weighted by molar-refractivity contribution is 8.00. The van der Waals surface area contributed by atoms with Gasteiger partial charge < -0.3 is 24.5 Å². The zero-order chi connectivity index (χ0) is 21.6. The van der Waals surface area contributed by atoms with E-state index < -0.39 is 0 Å². The molecule has 0 radical (unpaired) electrons. The van der Waals surface area contributed by atoms with Crippen molar-refractivity contribution >= 4 is 35.0 Å². The van der Waals surface area contributed by atoms with Crippen LogP contribution in [0, 0.1) is 0 Å². The third-order valence-corrected chi connectivity index (χ3v) is 5.95. The summed E-state index contributed by atoms with van der Waals surface area (Å²) in [5.74, 6) is 1.12. The molecule has 1 aromatic heterocycles. The fourth-order valence-electron chi connectivity index (χ4n) is 3.08. The number of carbonyl (C=O) groups is 2. The van der Waals surface area contributed by atoms with Gasteiger partial charge in [0.2, 0.25) is 5.91 Å². The van der Waals surface area contributed by atoms with Gasteiger partial charge in [0, 0.05) is 22.3 Å². The second-order valence-electron chi connectivity index (χ2n) is 6.82. The Kier molecular flexibility index (Phi) is 6.47. The maximum absolute atomic E-state index is 12.8. The Balaban J connectivity index is 1.40. The van der Waals surface area contributed by atoms with Crippen molar-refractivity contribution in [2.75, 3.05) is 23.8 Å². The number of furan rings is 1. The lowest BCUT2D eigenvalue weighted by Crippen LogP contribution is -2.24. The van der Waals surface area contributed by atoms with Crippen LogP contribution in [0.25, 0.3) is 0 Å². The van der Waals surface area contributed by atoms with Crippen LogP contribution in [-0.4, -0.2) is 30.3 Å². The van der Waals surface area contributed by atoms with Crippen molar-refractivity contribution in [2.45, 2.75) is 23.5 Å². The monoisotopic (exact) mass is 438 g/mol. The summed E-state index contributed by atoms with van der Waals surface area (Å²) in [7, 11) is 0. The number of benzene rings is 2. The lowest BCUT2D eigenvalue weighted by Gasteiger charge is -2.20. The average Bonchev–Trinajstić information content (AvgIpc) is 3.33. The molecule has 0 spiro atoms. The van der Waals surface area contributed by atoms with Gasteiger partial charge in [0.05, 0.1) is 11.5 Å². The fraction of sp³-hybridized carbons (Fsp3) is 0.217. The van der Waals surface area contributed by atoms with Crippen LogP contribution >= 0.6 is 11.8 Å². The summed E-state index contributed by atoms with van der Waals surface area (Å²) in [6, 6.07) is 16.0. The van der Waals surface area contributed by atoms with Crippen LogP contribution in [0.4, 0.5) is 11.4 Å². The van der Waals surface area contributed by atoms with E-state index in [1.165, 1.54) is 18.0 Å². The quantitative estimate of drug-likeness (QED) is 0.515. The predicted molar refractivity (Wildman–Crippen MR) is 119 cm³/mol. The SMILES string of the molecule is CCC(Sc1cccc(NC(=O)c2ccco2)c1)C(=O)Nc1ccc2c(c1)OCCO2. The molecule has 1 aliphatic heterocycles. The average molecular weight is 439 g/mol. The third kappa shape index (κ3) is 5.21. The van der Waals surface area contributed by atoms with E-state index in [2.05, 4.69) is 10.6 Å². The van der Waals surface area contributed by atoms with E-state index in [9.17, 15) is 9.59 Å². The van der Waals surface area contributed by atoms with Crippen LogP contribution in [0.15, 0.2) is 70.2 Å². The van der Waals surface area contributed by atoms with Crippen molar-refractivity contribution in [3.63, 3.8) is 0 Å². The first-order chi connectivity index (χ1) is 15.1. The van der Waals surface area contributed by atoms with Crippen LogP contribution in [0.1, 0.15) is 23.9 Å². The normalized spacial score (nSPS) is 13.3. The molecule has 1 aliphatic rings. The number of rotatable bonds is 7. The lowest BCUT2D eigenvalue weighted by molar-refractivity contribution is -0.115. The van der Waals surface area contributed by atoms with Crippen molar-refractivity contribution in [2.24, 2.45) is 0 Å². The van der Waals surface area contributed by atoms with Crippen molar-refractivity contribution in [1.29, 1.82) is 0 Å². The molecule has 1 unspecified atom stereocenters. The molecule has 31 heavy (non-hydrogen) atoms. The Hall–Kier alpha value is -3.39. The maximum Gasteiger partial charge on any atom is 0.291 e. The van der Waals surface area contributed by atoms with Gasteiger partial charge in [0.1, 0.15) is 13.2 Å². The van der Waals surface area contributed by atoms with E-state index in [1.807, 2.05) is 25.1 Å². The third-order valence-electron chi connectivity index (χ3n) is 4.59. The first-order valence-electron chi connectivity index (χ1n) is 9.94. The molecular formula is C23H22N2O5S. The molecule has 8 heteroatoms. The largest absolute Gasteiger partial charge is 0.486 e. The number of hydrogen-bond donors (Lipinski definition) is 2. The standard InChI is InChI=1S/C23H22N2O5S/c1-2-21(23(27)25-16-8-9-18-20(14-16)30-12-11-29-18)31-17-6-3-5-15(13-17)24-22(26)19-7-4-10-28-19/h3-10,13-14,21H,2,11-12H2,1H3,(H,24,26)(H,25,27). The molecule has 0 bridgehead atoms. The topological polar surface area (TPSA) is 89.8 Å². The van der Waals surface area contributed by atoms with E-state index in [1.54, 1.807) is 36.4 Å². The highest BCUT2D eigenvalue weighted by Gasteiger charge is 2.20. The molecule has 0 fully saturated rings. The first-order valence-corrected chi connectivity index (χ1v) is 10.8. The molecule has 2 N–H and O–H groups in total. The predicted octanol–water partition coefficient (Wildman–Crippen LogP) is 4.81. The zero-order valence-electron chi connectivity index (χ0n) is 16.9. The molecule has 2 amide bonds. The number of amides is 2. The van der Waals surface area contributed by atoms with Gasteiger partial charge in [0.25, 0.3) is 5.91 Å². The molecule has 160 valence electrons. The van der Waals surface area contributed by atoms with Crippen molar-refractivity contribution in [1.82, 2.24) is 0 Å². The molecule has 2 aromatic carbocycles. The molecule has 0 saturated heterocycles. The molecule has 0 saturated carbocycles. The Morgan fingerprint density at radius 1 is 0.968 bits per heavy atom. The van der Waals surface area contributed by atoms with Crippen LogP contribution in [0.2, 0.25) is 0 Å². The van der Waals surface area contributed by atoms with Gasteiger partial charge in [-0.05, 0) is 48.9 Å². The van der Waals surface area contributed by atoms with Gasteiger partial charge in [-0.3, -0.25) is 9.59 Å². The van der Waals surface area contributed by atoms with E-state index in [0.717, 1.165) is 4.90 Å². The lowest BCUT2D eigenvalue weighted by atomic mass is 10.2. The minimum absolute atomic E-state index is 0.103. The summed E-state index contributed by atoms with van der Waals surface area (Å²) in [6.07, 6.45) is 2.09. The van der Waals surface area contributed by atoms with E-state index >= 15 is 0 Å². The molecule has 4 rings (SSSR count). The Labute approximate surface area is 184 Å². The van der Waals surface area contributed by atoms with Crippen LogP contribution < -0.4 is 20.1 Å². The fourth-order valence-corrected chi connectivity index (χ4v) is 4.09. The second-order valence-corrected chi connectivity index (χ2v) is 8.10. The molecular weight excluding hydrogens is 416 g/mol. The molecule has 3 aromatic rings. The zero-order valence-corrected chi connectivity index (χ0v) is 17.7. The summed E-state index contributed by atoms with van der Waals surface area (Å²) >= 11 is 1.44. The number of hydrogen-bond acceptors (Lipinski definition) is 6. The van der Waals surface area contributed by atoms with Gasteiger partial charge in [0.15, 0.2) is 17.3 Å².